The van der Waals surface area contributed by atoms with Crippen molar-refractivity contribution >= 4 is 40.9 Å². The number of carbonyl (C=O) groups is 1. The topological polar surface area (TPSA) is 99.0 Å². The first-order chi connectivity index (χ1) is 12.0. The highest BCUT2D eigenvalue weighted by atomic mass is 35.5. The zero-order chi connectivity index (χ0) is 17.8. The summed E-state index contributed by atoms with van der Waals surface area (Å²) < 4.78 is 6.44. The van der Waals surface area contributed by atoms with E-state index in [0.717, 1.165) is 0 Å². The second-order valence-corrected chi connectivity index (χ2v) is 6.73. The van der Waals surface area contributed by atoms with Gasteiger partial charge in [0.15, 0.2) is 5.82 Å². The number of nitrogens with zero attached hydrogens (tertiary/aromatic N) is 3. The van der Waals surface area contributed by atoms with Crippen molar-refractivity contribution in [1.82, 2.24) is 20.2 Å². The lowest BCUT2D eigenvalue weighted by atomic mass is 10.2. The second kappa shape index (κ2) is 7.81. The molecule has 2 aromatic heterocycles. The molecule has 0 radical (unpaired) electrons. The number of halogens is 2. The molecule has 10 heteroatoms. The molecule has 0 unspecified atom stereocenters. The number of nitrogens with one attached hydrogen (secondary N) is 1. The molecule has 3 aromatic rings. The first-order valence-electron chi connectivity index (χ1n) is 7.12. The number of nitrogens with two attached hydrogens (primary N) is 1. The van der Waals surface area contributed by atoms with Gasteiger partial charge in [-0.25, -0.2) is 4.68 Å². The normalized spacial score (nSPS) is 10.8. The summed E-state index contributed by atoms with van der Waals surface area (Å²) in [7, 11) is 0. The average molecular weight is 398 g/mol. The van der Waals surface area contributed by atoms with Crippen molar-refractivity contribution in [2.75, 3.05) is 11.6 Å². The van der Waals surface area contributed by atoms with Crippen LogP contribution in [-0.4, -0.2) is 26.5 Å². The van der Waals surface area contributed by atoms with Crippen molar-refractivity contribution in [3.05, 3.63) is 52.4 Å². The largest absolute Gasteiger partial charge is 0.467 e. The Labute approximate surface area is 157 Å². The number of rotatable bonds is 6. The zero-order valence-corrected chi connectivity index (χ0v) is 15.1. The Morgan fingerprint density at radius 1 is 1.32 bits per heavy atom. The first-order valence-corrected chi connectivity index (χ1v) is 8.86. The van der Waals surface area contributed by atoms with Crippen LogP contribution in [0.3, 0.4) is 0 Å². The molecule has 1 aromatic carbocycles. The Balaban J connectivity index is 1.62. The van der Waals surface area contributed by atoms with Gasteiger partial charge in [-0.15, -0.1) is 10.2 Å². The van der Waals surface area contributed by atoms with Gasteiger partial charge in [-0.05, 0) is 30.3 Å². The van der Waals surface area contributed by atoms with Crippen LogP contribution in [0.15, 0.2) is 46.2 Å². The number of hydrogen-bond acceptors (Lipinski definition) is 6. The maximum atomic E-state index is 11.9. The second-order valence-electron chi connectivity index (χ2n) is 4.95. The SMILES string of the molecule is Nn1c(SCC(=O)NCc2ccco2)nnc1-c1ccc(Cl)cc1Cl. The van der Waals surface area contributed by atoms with Gasteiger partial charge in [-0.3, -0.25) is 4.79 Å². The quantitative estimate of drug-likeness (QED) is 0.489. The van der Waals surface area contributed by atoms with E-state index in [9.17, 15) is 4.79 Å². The van der Waals surface area contributed by atoms with E-state index in [1.54, 1.807) is 36.6 Å². The standard InChI is InChI=1S/C15H13Cl2N5O2S/c16-9-3-4-11(12(17)6-9)14-20-21-15(22(14)18)25-8-13(23)19-7-10-2-1-5-24-10/h1-6H,7-8,18H2,(H,19,23). The van der Waals surface area contributed by atoms with Crippen molar-refractivity contribution in [2.45, 2.75) is 11.7 Å². The minimum Gasteiger partial charge on any atom is -0.467 e. The molecule has 0 bridgehead atoms. The first kappa shape index (κ1) is 17.7. The minimum atomic E-state index is -0.171. The molecule has 2 heterocycles. The van der Waals surface area contributed by atoms with Gasteiger partial charge in [0.1, 0.15) is 5.76 Å². The summed E-state index contributed by atoms with van der Waals surface area (Å²) >= 11 is 13.2. The molecule has 0 aliphatic heterocycles. The molecule has 1 amide bonds. The number of hydrogen-bond donors (Lipinski definition) is 2. The van der Waals surface area contributed by atoms with E-state index in [1.807, 2.05) is 0 Å². The summed E-state index contributed by atoms with van der Waals surface area (Å²) in [4.78, 5) is 11.9. The number of furan rings is 1. The van der Waals surface area contributed by atoms with Crippen LogP contribution in [0.4, 0.5) is 0 Å². The fourth-order valence-corrected chi connectivity index (χ4v) is 3.19. The van der Waals surface area contributed by atoms with Crippen LogP contribution in [0.5, 0.6) is 0 Å². The molecule has 130 valence electrons. The molecule has 3 N–H and O–H groups in total. The number of aromatic nitrogens is 3. The predicted octanol–water partition coefficient (Wildman–Crippen LogP) is 2.97. The molecule has 0 saturated heterocycles. The fraction of sp³-hybridized carbons (Fsp3) is 0.133. The molecular weight excluding hydrogens is 385 g/mol. The van der Waals surface area contributed by atoms with Crippen LogP contribution in [-0.2, 0) is 11.3 Å². The van der Waals surface area contributed by atoms with Gasteiger partial charge >= 0.3 is 0 Å². The van der Waals surface area contributed by atoms with Crippen LogP contribution in [0.2, 0.25) is 10.0 Å². The number of thioether (sulfide) groups is 1. The monoisotopic (exact) mass is 397 g/mol. The van der Waals surface area contributed by atoms with Gasteiger partial charge in [-0.2, -0.15) is 0 Å². The van der Waals surface area contributed by atoms with Crippen molar-refractivity contribution in [1.29, 1.82) is 0 Å². The van der Waals surface area contributed by atoms with Gasteiger partial charge in [0, 0.05) is 10.6 Å². The smallest absolute Gasteiger partial charge is 0.230 e. The Kier molecular flexibility index (Phi) is 5.52. The average Bonchev–Trinajstić information content (AvgIpc) is 3.21. The maximum absolute atomic E-state index is 11.9. The minimum absolute atomic E-state index is 0.143. The molecule has 0 spiro atoms. The van der Waals surface area contributed by atoms with E-state index >= 15 is 0 Å². The van der Waals surface area contributed by atoms with Gasteiger partial charge in [-0.1, -0.05) is 35.0 Å². The lowest BCUT2D eigenvalue weighted by Gasteiger charge is -2.06. The highest BCUT2D eigenvalue weighted by Crippen LogP contribution is 2.30. The van der Waals surface area contributed by atoms with Crippen molar-refractivity contribution in [3.63, 3.8) is 0 Å². The summed E-state index contributed by atoms with van der Waals surface area (Å²) in [6, 6.07) is 8.54. The number of benzene rings is 1. The number of nitrogen functional groups attached to an aromatic ring is 1. The Hall–Kier alpha value is -2.16. The van der Waals surface area contributed by atoms with Gasteiger partial charge in [0.2, 0.25) is 11.1 Å². The van der Waals surface area contributed by atoms with Crippen molar-refractivity contribution in [3.8, 4) is 11.4 Å². The third-order valence-electron chi connectivity index (χ3n) is 3.21. The molecule has 0 aliphatic carbocycles. The van der Waals surface area contributed by atoms with Crippen LogP contribution >= 0.6 is 35.0 Å². The summed E-state index contributed by atoms with van der Waals surface area (Å²) in [5.41, 5.74) is 0.607. The van der Waals surface area contributed by atoms with Crippen molar-refractivity contribution < 1.29 is 9.21 Å². The molecule has 3 rings (SSSR count). The van der Waals surface area contributed by atoms with E-state index in [2.05, 4.69) is 15.5 Å². The zero-order valence-electron chi connectivity index (χ0n) is 12.8. The molecule has 0 saturated carbocycles. The predicted molar refractivity (Wildman–Crippen MR) is 96.9 cm³/mol. The highest BCUT2D eigenvalue weighted by Gasteiger charge is 2.16. The molecule has 0 aliphatic rings. The van der Waals surface area contributed by atoms with Crippen LogP contribution < -0.4 is 11.2 Å². The van der Waals surface area contributed by atoms with Crippen LogP contribution in [0, 0.1) is 0 Å². The number of carbonyl (C=O) groups excluding carboxylic acids is 1. The summed E-state index contributed by atoms with van der Waals surface area (Å²) in [5, 5.41) is 12.1. The molecular formula is C15H13Cl2N5O2S. The Bertz CT molecular complexity index is 882. The number of amides is 1. The summed E-state index contributed by atoms with van der Waals surface area (Å²) in [6.07, 6.45) is 1.55. The Morgan fingerprint density at radius 3 is 2.88 bits per heavy atom. The summed E-state index contributed by atoms with van der Waals surface area (Å²) in [6.45, 7) is 0.327. The highest BCUT2D eigenvalue weighted by molar-refractivity contribution is 7.99. The maximum Gasteiger partial charge on any atom is 0.230 e. The van der Waals surface area contributed by atoms with Crippen LogP contribution in [0.1, 0.15) is 5.76 Å². The van der Waals surface area contributed by atoms with E-state index in [4.69, 9.17) is 33.5 Å². The van der Waals surface area contributed by atoms with E-state index in [0.29, 0.717) is 38.9 Å². The lowest BCUT2D eigenvalue weighted by molar-refractivity contribution is -0.118. The van der Waals surface area contributed by atoms with Gasteiger partial charge < -0.3 is 15.6 Å². The Morgan fingerprint density at radius 2 is 2.16 bits per heavy atom. The molecule has 25 heavy (non-hydrogen) atoms. The molecule has 7 nitrogen and oxygen atoms in total. The van der Waals surface area contributed by atoms with Gasteiger partial charge in [0.25, 0.3) is 0 Å². The van der Waals surface area contributed by atoms with Gasteiger partial charge in [0.05, 0.1) is 23.6 Å². The third-order valence-corrected chi connectivity index (χ3v) is 4.70. The molecule has 0 atom stereocenters. The van der Waals surface area contributed by atoms with E-state index in [-0.39, 0.29) is 11.7 Å². The fourth-order valence-electron chi connectivity index (χ4n) is 2.01. The summed E-state index contributed by atoms with van der Waals surface area (Å²) in [5.74, 6) is 7.05. The van der Waals surface area contributed by atoms with Crippen molar-refractivity contribution in [2.24, 2.45) is 0 Å². The van der Waals surface area contributed by atoms with Crippen LogP contribution in [0.25, 0.3) is 11.4 Å². The van der Waals surface area contributed by atoms with E-state index in [1.165, 1.54) is 16.4 Å². The lowest BCUT2D eigenvalue weighted by Crippen LogP contribution is -2.24. The molecule has 0 fully saturated rings. The third kappa shape index (κ3) is 4.28. The van der Waals surface area contributed by atoms with E-state index < -0.39 is 0 Å².